The van der Waals surface area contributed by atoms with E-state index >= 15 is 0 Å². The van der Waals surface area contributed by atoms with Crippen LogP contribution in [0.5, 0.6) is 0 Å². The Labute approximate surface area is 166 Å². The average molecular weight is 397 g/mol. The summed E-state index contributed by atoms with van der Waals surface area (Å²) in [5.41, 5.74) is 1.90. The van der Waals surface area contributed by atoms with Gasteiger partial charge >= 0.3 is 0 Å². The van der Waals surface area contributed by atoms with E-state index in [-0.39, 0.29) is 11.5 Å². The van der Waals surface area contributed by atoms with Gasteiger partial charge in [-0.25, -0.2) is 0 Å². The van der Waals surface area contributed by atoms with Crippen LogP contribution < -0.4 is 10.2 Å². The number of halogens is 2. The molecule has 0 aliphatic carbocycles. The van der Waals surface area contributed by atoms with E-state index in [0.29, 0.717) is 31.4 Å². The van der Waals surface area contributed by atoms with Crippen molar-refractivity contribution in [3.8, 4) is 6.07 Å². The fourth-order valence-corrected chi connectivity index (χ4v) is 2.77. The van der Waals surface area contributed by atoms with Crippen LogP contribution in [-0.4, -0.2) is 62.8 Å². The first-order chi connectivity index (χ1) is 12.5. The smallest absolute Gasteiger partial charge is 0.261 e. The predicted octanol–water partition coefficient (Wildman–Crippen LogP) is 2.95. The van der Waals surface area contributed by atoms with Gasteiger partial charge < -0.3 is 15.1 Å². The molecule has 7 heteroatoms. The summed E-state index contributed by atoms with van der Waals surface area (Å²) in [5, 5.41) is 12.0. The Bertz CT molecular complexity index is 617. The van der Waals surface area contributed by atoms with E-state index in [1.165, 1.54) is 0 Å². The van der Waals surface area contributed by atoms with Gasteiger partial charge in [0.15, 0.2) is 0 Å². The summed E-state index contributed by atoms with van der Waals surface area (Å²) < 4.78 is 0. The SMILES string of the molecule is CN(C)CCCNC(=O)C(C#N)=Cc1ccc(N(CCCl)CCCl)cc1. The van der Waals surface area contributed by atoms with Crippen LogP contribution in [0, 0.1) is 11.3 Å². The molecule has 1 aromatic rings. The van der Waals surface area contributed by atoms with Crippen molar-refractivity contribution in [2.45, 2.75) is 6.42 Å². The first kappa shape index (κ1) is 22.3. The lowest BCUT2D eigenvalue weighted by Crippen LogP contribution is -2.28. The van der Waals surface area contributed by atoms with Crippen LogP contribution in [-0.2, 0) is 4.79 Å². The van der Waals surface area contributed by atoms with E-state index in [9.17, 15) is 10.1 Å². The number of anilines is 1. The first-order valence-corrected chi connectivity index (χ1v) is 9.60. The third-order valence-corrected chi connectivity index (χ3v) is 4.05. The van der Waals surface area contributed by atoms with Gasteiger partial charge in [-0.3, -0.25) is 4.79 Å². The zero-order chi connectivity index (χ0) is 19.4. The van der Waals surface area contributed by atoms with E-state index in [0.717, 1.165) is 24.2 Å². The summed E-state index contributed by atoms with van der Waals surface area (Å²) in [6, 6.07) is 9.60. The molecule has 0 saturated heterocycles. The van der Waals surface area contributed by atoms with Gasteiger partial charge in [-0.2, -0.15) is 5.26 Å². The molecule has 0 fully saturated rings. The van der Waals surface area contributed by atoms with E-state index < -0.39 is 0 Å². The molecule has 142 valence electrons. The van der Waals surface area contributed by atoms with E-state index in [4.69, 9.17) is 23.2 Å². The average Bonchev–Trinajstić information content (AvgIpc) is 2.63. The summed E-state index contributed by atoms with van der Waals surface area (Å²) in [5.74, 6) is 0.692. The summed E-state index contributed by atoms with van der Waals surface area (Å²) in [4.78, 5) is 16.3. The zero-order valence-electron chi connectivity index (χ0n) is 15.3. The lowest BCUT2D eigenvalue weighted by molar-refractivity contribution is -0.117. The van der Waals surface area contributed by atoms with Crippen molar-refractivity contribution in [3.05, 3.63) is 35.4 Å². The van der Waals surface area contributed by atoms with Crippen LogP contribution in [0.15, 0.2) is 29.8 Å². The maximum absolute atomic E-state index is 12.1. The number of hydrogen-bond acceptors (Lipinski definition) is 4. The van der Waals surface area contributed by atoms with Crippen LogP contribution in [0.25, 0.3) is 6.08 Å². The number of nitriles is 1. The minimum Gasteiger partial charge on any atom is -0.369 e. The third kappa shape index (κ3) is 8.09. The standard InChI is InChI=1S/C19H26Cl2N4O/c1-24(2)11-3-10-23-19(26)17(15-22)14-16-4-6-18(7-5-16)25(12-8-20)13-9-21/h4-7,14H,3,8-13H2,1-2H3,(H,23,26). The number of hydrogen-bond donors (Lipinski definition) is 1. The maximum Gasteiger partial charge on any atom is 0.261 e. The molecule has 0 heterocycles. The molecule has 0 saturated carbocycles. The molecule has 0 bridgehead atoms. The summed E-state index contributed by atoms with van der Waals surface area (Å²) in [6.45, 7) is 2.85. The highest BCUT2D eigenvalue weighted by molar-refractivity contribution is 6.18. The Morgan fingerprint density at radius 3 is 2.27 bits per heavy atom. The Morgan fingerprint density at radius 1 is 1.15 bits per heavy atom. The number of alkyl halides is 2. The molecule has 1 amide bonds. The fraction of sp³-hybridized carbons (Fsp3) is 0.474. The van der Waals surface area contributed by atoms with Crippen LogP contribution >= 0.6 is 23.2 Å². The Balaban J connectivity index is 2.73. The maximum atomic E-state index is 12.1. The molecule has 0 aliphatic heterocycles. The molecule has 0 radical (unpaired) electrons. The highest BCUT2D eigenvalue weighted by Gasteiger charge is 2.09. The predicted molar refractivity (Wildman–Crippen MR) is 110 cm³/mol. The van der Waals surface area contributed by atoms with E-state index in [1.54, 1.807) is 6.08 Å². The molecule has 0 unspecified atom stereocenters. The van der Waals surface area contributed by atoms with Gasteiger partial charge in [-0.05, 0) is 50.8 Å². The fourth-order valence-electron chi connectivity index (χ4n) is 2.36. The third-order valence-electron chi connectivity index (χ3n) is 3.71. The van der Waals surface area contributed by atoms with Gasteiger partial charge in [0, 0.05) is 37.1 Å². The Kier molecular flexibility index (Phi) is 10.8. The molecule has 1 aromatic carbocycles. The van der Waals surface area contributed by atoms with Gasteiger partial charge in [-0.1, -0.05) is 12.1 Å². The molecule has 5 nitrogen and oxygen atoms in total. The second-order valence-corrected chi connectivity index (χ2v) is 6.80. The zero-order valence-corrected chi connectivity index (χ0v) is 16.9. The molecule has 1 rings (SSSR count). The molecule has 0 aliphatic rings. The normalized spacial score (nSPS) is 11.3. The summed E-state index contributed by atoms with van der Waals surface area (Å²) >= 11 is 11.7. The van der Waals surface area contributed by atoms with E-state index in [2.05, 4.69) is 10.2 Å². The summed E-state index contributed by atoms with van der Waals surface area (Å²) in [7, 11) is 3.96. The van der Waals surface area contributed by atoms with Crippen LogP contribution in [0.4, 0.5) is 5.69 Å². The van der Waals surface area contributed by atoms with Gasteiger partial charge in [-0.15, -0.1) is 23.2 Å². The first-order valence-electron chi connectivity index (χ1n) is 8.53. The van der Waals surface area contributed by atoms with Crippen LogP contribution in [0.2, 0.25) is 0 Å². The van der Waals surface area contributed by atoms with Crippen molar-refractivity contribution in [2.24, 2.45) is 0 Å². The van der Waals surface area contributed by atoms with Crippen molar-refractivity contribution >= 4 is 40.9 Å². The monoisotopic (exact) mass is 396 g/mol. The quantitative estimate of drug-likeness (QED) is 0.270. The highest BCUT2D eigenvalue weighted by atomic mass is 35.5. The topological polar surface area (TPSA) is 59.4 Å². The van der Waals surface area contributed by atoms with Crippen molar-refractivity contribution in [2.75, 3.05) is 56.9 Å². The molecule has 0 aromatic heterocycles. The Morgan fingerprint density at radius 2 is 1.77 bits per heavy atom. The van der Waals surface area contributed by atoms with Crippen molar-refractivity contribution < 1.29 is 4.79 Å². The number of nitrogens with zero attached hydrogens (tertiary/aromatic N) is 3. The number of carbonyl (C=O) groups excluding carboxylic acids is 1. The van der Waals surface area contributed by atoms with Gasteiger partial charge in [0.1, 0.15) is 11.6 Å². The number of carbonyl (C=O) groups is 1. The lowest BCUT2D eigenvalue weighted by Gasteiger charge is -2.22. The van der Waals surface area contributed by atoms with Crippen LogP contribution in [0.1, 0.15) is 12.0 Å². The van der Waals surface area contributed by atoms with Gasteiger partial charge in [0.25, 0.3) is 5.91 Å². The molecule has 0 spiro atoms. The van der Waals surface area contributed by atoms with Crippen LogP contribution in [0.3, 0.4) is 0 Å². The number of nitrogens with one attached hydrogen (secondary N) is 1. The second-order valence-electron chi connectivity index (χ2n) is 6.04. The largest absolute Gasteiger partial charge is 0.369 e. The van der Waals surface area contributed by atoms with Crippen molar-refractivity contribution in [1.82, 2.24) is 10.2 Å². The van der Waals surface area contributed by atoms with Gasteiger partial charge in [0.2, 0.25) is 0 Å². The molecule has 0 atom stereocenters. The molecular weight excluding hydrogens is 371 g/mol. The highest BCUT2D eigenvalue weighted by Crippen LogP contribution is 2.17. The molecule has 1 N–H and O–H groups in total. The molecule has 26 heavy (non-hydrogen) atoms. The second kappa shape index (κ2) is 12.6. The Hall–Kier alpha value is -1.74. The minimum absolute atomic E-state index is 0.0981. The number of benzene rings is 1. The molecular formula is C19H26Cl2N4O. The van der Waals surface area contributed by atoms with E-state index in [1.807, 2.05) is 49.3 Å². The minimum atomic E-state index is -0.346. The summed E-state index contributed by atoms with van der Waals surface area (Å²) in [6.07, 6.45) is 2.43. The van der Waals surface area contributed by atoms with Crippen molar-refractivity contribution in [3.63, 3.8) is 0 Å². The van der Waals surface area contributed by atoms with Crippen molar-refractivity contribution in [1.29, 1.82) is 5.26 Å². The van der Waals surface area contributed by atoms with Gasteiger partial charge in [0.05, 0.1) is 0 Å². The lowest BCUT2D eigenvalue weighted by atomic mass is 10.1. The number of rotatable bonds is 11. The number of amides is 1.